The molecule has 0 atom stereocenters. The van der Waals surface area contributed by atoms with Gasteiger partial charge in [-0.3, -0.25) is 5.32 Å². The molecule has 0 aliphatic rings. The second-order valence-corrected chi connectivity index (χ2v) is 6.82. The molecule has 6 nitrogen and oxygen atoms in total. The van der Waals surface area contributed by atoms with Gasteiger partial charge in [0.2, 0.25) is 10.3 Å². The molecule has 1 heterocycles. The predicted octanol–water partition coefficient (Wildman–Crippen LogP) is 4.96. The third kappa shape index (κ3) is 4.18. The molecule has 0 spiro atoms. The SMILES string of the molecule is CCN(c1ccccc1)c1nnc(NC(=O)Nc2ccc(C)cc2C)s1. The Labute approximate surface area is 156 Å². The van der Waals surface area contributed by atoms with Gasteiger partial charge in [0.15, 0.2) is 0 Å². The average Bonchev–Trinajstić information content (AvgIpc) is 3.07. The Kier molecular flexibility index (Phi) is 5.48. The minimum atomic E-state index is -0.331. The molecule has 26 heavy (non-hydrogen) atoms. The van der Waals surface area contributed by atoms with Gasteiger partial charge in [0.05, 0.1) is 0 Å². The van der Waals surface area contributed by atoms with Crippen molar-refractivity contribution in [2.45, 2.75) is 20.8 Å². The zero-order chi connectivity index (χ0) is 18.5. The first-order valence-corrected chi connectivity index (χ1v) is 9.20. The molecule has 3 rings (SSSR count). The Morgan fingerprint density at radius 3 is 2.54 bits per heavy atom. The molecule has 2 amide bonds. The maximum absolute atomic E-state index is 12.2. The van der Waals surface area contributed by atoms with Gasteiger partial charge in [0.25, 0.3) is 0 Å². The van der Waals surface area contributed by atoms with Crippen LogP contribution < -0.4 is 15.5 Å². The smallest absolute Gasteiger partial charge is 0.317 e. The van der Waals surface area contributed by atoms with Crippen LogP contribution in [0.5, 0.6) is 0 Å². The number of urea groups is 1. The molecule has 0 fully saturated rings. The number of nitrogens with one attached hydrogen (secondary N) is 2. The van der Waals surface area contributed by atoms with Crippen LogP contribution in [0.15, 0.2) is 48.5 Å². The number of hydrogen-bond donors (Lipinski definition) is 2. The molecule has 2 N–H and O–H groups in total. The Morgan fingerprint density at radius 2 is 1.85 bits per heavy atom. The van der Waals surface area contributed by atoms with Gasteiger partial charge in [0, 0.05) is 17.9 Å². The molecule has 0 unspecified atom stereocenters. The van der Waals surface area contributed by atoms with E-state index in [4.69, 9.17) is 0 Å². The van der Waals surface area contributed by atoms with Crippen LogP contribution in [0.25, 0.3) is 0 Å². The van der Waals surface area contributed by atoms with Crippen molar-refractivity contribution in [3.63, 3.8) is 0 Å². The number of para-hydroxylation sites is 1. The summed E-state index contributed by atoms with van der Waals surface area (Å²) in [6, 6.07) is 15.5. The maximum atomic E-state index is 12.2. The fourth-order valence-corrected chi connectivity index (χ4v) is 3.44. The summed E-state index contributed by atoms with van der Waals surface area (Å²) in [5, 5.41) is 15.1. The molecular weight excluding hydrogens is 346 g/mol. The van der Waals surface area contributed by atoms with Crippen LogP contribution in [0.3, 0.4) is 0 Å². The van der Waals surface area contributed by atoms with Crippen LogP contribution in [-0.4, -0.2) is 22.8 Å². The molecule has 0 saturated carbocycles. The van der Waals surface area contributed by atoms with E-state index in [0.717, 1.165) is 34.2 Å². The Bertz CT molecular complexity index is 894. The maximum Gasteiger partial charge on any atom is 0.325 e. The largest absolute Gasteiger partial charge is 0.325 e. The quantitative estimate of drug-likeness (QED) is 0.669. The van der Waals surface area contributed by atoms with E-state index in [1.54, 1.807) is 0 Å². The summed E-state index contributed by atoms with van der Waals surface area (Å²) < 4.78 is 0. The van der Waals surface area contributed by atoms with E-state index >= 15 is 0 Å². The van der Waals surface area contributed by atoms with Gasteiger partial charge in [-0.1, -0.05) is 47.2 Å². The molecule has 0 radical (unpaired) electrons. The minimum Gasteiger partial charge on any atom is -0.317 e. The van der Waals surface area contributed by atoms with E-state index in [2.05, 4.69) is 20.8 Å². The van der Waals surface area contributed by atoms with Crippen LogP contribution in [0.1, 0.15) is 18.1 Å². The summed E-state index contributed by atoms with van der Waals surface area (Å²) in [6.45, 7) is 6.79. The summed E-state index contributed by atoms with van der Waals surface area (Å²) in [5.74, 6) is 0. The van der Waals surface area contributed by atoms with Crippen LogP contribution in [0.2, 0.25) is 0 Å². The van der Waals surface area contributed by atoms with Crippen molar-refractivity contribution in [3.05, 3.63) is 59.7 Å². The number of anilines is 4. The highest BCUT2D eigenvalue weighted by Gasteiger charge is 2.14. The Hall–Kier alpha value is -2.93. The standard InChI is InChI=1S/C19H21N5OS/c1-4-24(15-8-6-5-7-9-15)19-23-22-18(26-19)21-17(25)20-16-11-10-13(2)12-14(16)3/h5-12H,4H2,1-3H3,(H2,20,21,22,25). The third-order valence-electron chi connectivity index (χ3n) is 3.88. The lowest BCUT2D eigenvalue weighted by atomic mass is 10.1. The summed E-state index contributed by atoms with van der Waals surface area (Å²) in [6.07, 6.45) is 0. The number of aryl methyl sites for hydroxylation is 2. The van der Waals surface area contributed by atoms with Gasteiger partial charge in [-0.25, -0.2) is 4.79 Å². The van der Waals surface area contributed by atoms with Gasteiger partial charge in [0.1, 0.15) is 0 Å². The van der Waals surface area contributed by atoms with Gasteiger partial charge < -0.3 is 10.2 Å². The number of benzene rings is 2. The number of nitrogens with zero attached hydrogens (tertiary/aromatic N) is 3. The Balaban J connectivity index is 1.68. The van der Waals surface area contributed by atoms with E-state index in [0.29, 0.717) is 5.13 Å². The molecule has 1 aromatic heterocycles. The fraction of sp³-hybridized carbons (Fsp3) is 0.211. The summed E-state index contributed by atoms with van der Waals surface area (Å²) in [7, 11) is 0. The van der Waals surface area contributed by atoms with E-state index in [-0.39, 0.29) is 6.03 Å². The number of carbonyl (C=O) groups is 1. The van der Waals surface area contributed by atoms with Crippen LogP contribution in [0, 0.1) is 13.8 Å². The van der Waals surface area contributed by atoms with E-state index < -0.39 is 0 Å². The van der Waals surface area contributed by atoms with Crippen molar-refractivity contribution < 1.29 is 4.79 Å². The predicted molar refractivity (Wildman–Crippen MR) is 108 cm³/mol. The molecule has 134 valence electrons. The fourth-order valence-electron chi connectivity index (χ4n) is 2.62. The number of aromatic nitrogens is 2. The van der Waals surface area contributed by atoms with Crippen molar-refractivity contribution in [2.24, 2.45) is 0 Å². The number of carbonyl (C=O) groups excluding carboxylic acids is 1. The van der Waals surface area contributed by atoms with E-state index in [9.17, 15) is 4.79 Å². The highest BCUT2D eigenvalue weighted by molar-refractivity contribution is 7.19. The molecule has 0 saturated heterocycles. The van der Waals surface area contributed by atoms with E-state index in [1.165, 1.54) is 11.3 Å². The Morgan fingerprint density at radius 1 is 1.08 bits per heavy atom. The van der Waals surface area contributed by atoms with Crippen LogP contribution in [-0.2, 0) is 0 Å². The zero-order valence-corrected chi connectivity index (χ0v) is 15.8. The normalized spacial score (nSPS) is 10.4. The minimum absolute atomic E-state index is 0.331. The monoisotopic (exact) mass is 367 g/mol. The number of hydrogen-bond acceptors (Lipinski definition) is 5. The van der Waals surface area contributed by atoms with Crippen molar-refractivity contribution >= 4 is 39.0 Å². The van der Waals surface area contributed by atoms with E-state index in [1.807, 2.05) is 74.2 Å². The van der Waals surface area contributed by atoms with Gasteiger partial charge in [-0.2, -0.15) is 0 Å². The summed E-state index contributed by atoms with van der Waals surface area (Å²) in [4.78, 5) is 14.3. The molecule has 0 aliphatic carbocycles. The van der Waals surface area contributed by atoms with Gasteiger partial charge in [-0.15, -0.1) is 10.2 Å². The van der Waals surface area contributed by atoms with Crippen LogP contribution in [0.4, 0.5) is 26.4 Å². The number of amides is 2. The van der Waals surface area contributed by atoms with Crippen molar-refractivity contribution in [1.29, 1.82) is 0 Å². The molecule has 3 aromatic rings. The van der Waals surface area contributed by atoms with Gasteiger partial charge in [-0.05, 0) is 44.5 Å². The topological polar surface area (TPSA) is 70.2 Å². The van der Waals surface area contributed by atoms with Gasteiger partial charge >= 0.3 is 6.03 Å². The van der Waals surface area contributed by atoms with Crippen molar-refractivity contribution in [3.8, 4) is 0 Å². The summed E-state index contributed by atoms with van der Waals surface area (Å²) >= 11 is 1.34. The average molecular weight is 367 g/mol. The summed E-state index contributed by atoms with van der Waals surface area (Å²) in [5.41, 5.74) is 3.98. The second kappa shape index (κ2) is 7.97. The second-order valence-electron chi connectivity index (χ2n) is 5.87. The molecule has 7 heteroatoms. The van der Waals surface area contributed by atoms with Crippen molar-refractivity contribution in [2.75, 3.05) is 22.1 Å². The molecule has 0 bridgehead atoms. The molecule has 0 aliphatic heterocycles. The van der Waals surface area contributed by atoms with Crippen molar-refractivity contribution in [1.82, 2.24) is 10.2 Å². The lowest BCUT2D eigenvalue weighted by molar-refractivity contribution is 0.262. The highest BCUT2D eigenvalue weighted by Crippen LogP contribution is 2.30. The van der Waals surface area contributed by atoms with Crippen LogP contribution >= 0.6 is 11.3 Å². The third-order valence-corrected chi connectivity index (χ3v) is 4.74. The molecule has 2 aromatic carbocycles. The number of rotatable bonds is 5. The lowest BCUT2D eigenvalue weighted by Crippen LogP contribution is -2.19. The molecular formula is C19H21N5OS. The zero-order valence-electron chi connectivity index (χ0n) is 15.0. The highest BCUT2D eigenvalue weighted by atomic mass is 32.1. The first kappa shape index (κ1) is 17.9. The lowest BCUT2D eigenvalue weighted by Gasteiger charge is -2.18. The first-order chi connectivity index (χ1) is 12.6. The first-order valence-electron chi connectivity index (χ1n) is 8.38.